The molecule has 1 amide bonds. The summed E-state index contributed by atoms with van der Waals surface area (Å²) in [4.78, 5) is 22.9. The van der Waals surface area contributed by atoms with Crippen molar-refractivity contribution in [3.63, 3.8) is 0 Å². The number of carbonyl (C=O) groups excluding carboxylic acids is 1. The molecule has 1 aromatic carbocycles. The molecule has 0 saturated carbocycles. The summed E-state index contributed by atoms with van der Waals surface area (Å²) in [5, 5.41) is 8.53. The fourth-order valence-corrected chi connectivity index (χ4v) is 4.15. The topological polar surface area (TPSA) is 94.4 Å². The van der Waals surface area contributed by atoms with E-state index in [2.05, 4.69) is 20.4 Å². The summed E-state index contributed by atoms with van der Waals surface area (Å²) in [7, 11) is 0. The van der Waals surface area contributed by atoms with Gasteiger partial charge < -0.3 is 14.8 Å². The van der Waals surface area contributed by atoms with Crippen LogP contribution in [0, 0.1) is 0 Å². The van der Waals surface area contributed by atoms with Gasteiger partial charge in [-0.25, -0.2) is 14.5 Å². The minimum atomic E-state index is -0.502. The average Bonchev–Trinajstić information content (AvgIpc) is 3.40. The molecule has 1 aliphatic rings. The van der Waals surface area contributed by atoms with E-state index in [0.29, 0.717) is 10.8 Å². The molecule has 0 unspecified atom stereocenters. The number of nitrogens with zero attached hydrogens (tertiary/aromatic N) is 5. The van der Waals surface area contributed by atoms with Crippen LogP contribution in [0.4, 0.5) is 16.6 Å². The molecule has 3 heterocycles. The number of anilines is 2. The zero-order chi connectivity index (χ0) is 25.3. The van der Waals surface area contributed by atoms with E-state index in [0.717, 1.165) is 11.3 Å². The number of benzene rings is 1. The molecule has 11 heteroatoms. The van der Waals surface area contributed by atoms with Crippen LogP contribution in [0.2, 0.25) is 10.2 Å². The van der Waals surface area contributed by atoms with Crippen LogP contribution in [-0.4, -0.2) is 50.2 Å². The third kappa shape index (κ3) is 6.04. The van der Waals surface area contributed by atoms with Crippen LogP contribution in [0.15, 0.2) is 42.7 Å². The number of amides is 1. The summed E-state index contributed by atoms with van der Waals surface area (Å²) >= 11 is 12.3. The van der Waals surface area contributed by atoms with Crippen LogP contribution in [-0.2, 0) is 9.47 Å². The second kappa shape index (κ2) is 10.0. The maximum Gasteiger partial charge on any atom is 0.416 e. The molecule has 4 rings (SSSR count). The van der Waals surface area contributed by atoms with Crippen molar-refractivity contribution in [3.05, 3.63) is 58.5 Å². The first-order valence-corrected chi connectivity index (χ1v) is 12.0. The average molecular weight is 519 g/mol. The van der Waals surface area contributed by atoms with Crippen molar-refractivity contribution in [2.24, 2.45) is 0 Å². The molecular weight excluding hydrogens is 491 g/mol. The van der Waals surface area contributed by atoms with E-state index in [4.69, 9.17) is 32.7 Å². The second-order valence-electron chi connectivity index (χ2n) is 9.38. The lowest BCUT2D eigenvalue weighted by Crippen LogP contribution is -2.45. The van der Waals surface area contributed by atoms with Crippen LogP contribution in [0.5, 0.6) is 0 Å². The Balaban J connectivity index is 1.53. The number of cyclic esters (lactones) is 1. The van der Waals surface area contributed by atoms with Gasteiger partial charge in [0.1, 0.15) is 23.6 Å². The maximum absolute atomic E-state index is 12.6. The Kier molecular flexibility index (Phi) is 7.21. The summed E-state index contributed by atoms with van der Waals surface area (Å²) in [6, 6.07) is 8.40. The molecule has 0 radical (unpaired) electrons. The van der Waals surface area contributed by atoms with E-state index >= 15 is 0 Å². The van der Waals surface area contributed by atoms with Gasteiger partial charge in [-0.05, 0) is 58.9 Å². The van der Waals surface area contributed by atoms with Crippen molar-refractivity contribution in [1.29, 1.82) is 0 Å². The molecule has 1 N–H and O–H groups in total. The molecule has 186 valence electrons. The molecule has 1 fully saturated rings. The first-order valence-electron chi connectivity index (χ1n) is 11.3. The Bertz CT molecular complexity index is 1190. The molecular formula is C24H28Cl2N6O3. The number of nitrogens with one attached hydrogen (secondary N) is 1. The monoisotopic (exact) mass is 518 g/mol. The standard InChI is InChI=1S/C24H28Cl2N6O3/c1-14(16-11-27-31(12-16)18-8-6-17(25)7-9-18)28-22-29-20(26)10-21(30-22)32-19(13-34-23(32)33)15(2)35-24(3,4)5/h6-12,14-15,19H,13H2,1-5H3,(H,28,29,30)/t14-,15+,19+/m0/s1. The number of rotatable bonds is 7. The normalized spacial score (nSPS) is 17.9. The molecule has 35 heavy (non-hydrogen) atoms. The quantitative estimate of drug-likeness (QED) is 0.402. The number of hydrogen-bond acceptors (Lipinski definition) is 7. The Morgan fingerprint density at radius 3 is 2.57 bits per heavy atom. The predicted octanol–water partition coefficient (Wildman–Crippen LogP) is 5.67. The lowest BCUT2D eigenvalue weighted by molar-refractivity contribution is -0.0618. The highest BCUT2D eigenvalue weighted by Crippen LogP contribution is 2.29. The Hall–Kier alpha value is -2.88. The maximum atomic E-state index is 12.6. The highest BCUT2D eigenvalue weighted by atomic mass is 35.5. The molecule has 0 spiro atoms. The molecule has 1 saturated heterocycles. The van der Waals surface area contributed by atoms with Crippen molar-refractivity contribution in [2.45, 2.75) is 58.4 Å². The van der Waals surface area contributed by atoms with E-state index in [1.165, 1.54) is 4.90 Å². The molecule has 0 aliphatic carbocycles. The summed E-state index contributed by atoms with van der Waals surface area (Å²) in [5.41, 5.74) is 1.42. The van der Waals surface area contributed by atoms with E-state index in [9.17, 15) is 4.79 Å². The number of halogens is 2. The van der Waals surface area contributed by atoms with Gasteiger partial charge in [0.15, 0.2) is 0 Å². The van der Waals surface area contributed by atoms with Gasteiger partial charge in [-0.15, -0.1) is 0 Å². The van der Waals surface area contributed by atoms with E-state index in [1.54, 1.807) is 16.9 Å². The van der Waals surface area contributed by atoms with Crippen LogP contribution < -0.4 is 10.2 Å². The van der Waals surface area contributed by atoms with Crippen LogP contribution in [0.3, 0.4) is 0 Å². The third-order valence-electron chi connectivity index (χ3n) is 5.45. The summed E-state index contributed by atoms with van der Waals surface area (Å²) in [6.07, 6.45) is 2.88. The lowest BCUT2D eigenvalue weighted by atomic mass is 10.1. The zero-order valence-corrected chi connectivity index (χ0v) is 21.7. The van der Waals surface area contributed by atoms with Gasteiger partial charge in [0.05, 0.1) is 29.6 Å². The van der Waals surface area contributed by atoms with Crippen LogP contribution in [0.1, 0.15) is 46.2 Å². The summed E-state index contributed by atoms with van der Waals surface area (Å²) in [5.74, 6) is 0.621. The minimum Gasteiger partial charge on any atom is -0.447 e. The first kappa shape index (κ1) is 25.2. The lowest BCUT2D eigenvalue weighted by Gasteiger charge is -2.31. The first-order chi connectivity index (χ1) is 16.5. The number of carbonyl (C=O) groups is 1. The van der Waals surface area contributed by atoms with Gasteiger partial charge in [0.25, 0.3) is 0 Å². The highest BCUT2D eigenvalue weighted by Gasteiger charge is 2.40. The second-order valence-corrected chi connectivity index (χ2v) is 10.2. The fraction of sp³-hybridized carbons (Fsp3) is 0.417. The van der Waals surface area contributed by atoms with Crippen LogP contribution >= 0.6 is 23.2 Å². The minimum absolute atomic E-state index is 0.188. The molecule has 9 nitrogen and oxygen atoms in total. The molecule has 3 atom stereocenters. The van der Waals surface area contributed by atoms with Crippen LogP contribution in [0.25, 0.3) is 5.69 Å². The molecule has 1 aliphatic heterocycles. The predicted molar refractivity (Wildman–Crippen MR) is 136 cm³/mol. The summed E-state index contributed by atoms with van der Waals surface area (Å²) < 4.78 is 13.1. The third-order valence-corrected chi connectivity index (χ3v) is 5.90. The molecule has 3 aromatic rings. The van der Waals surface area contributed by atoms with Crippen molar-refractivity contribution >= 4 is 41.1 Å². The SMILES string of the molecule is C[C@H](Nc1nc(Cl)cc(N2C(=O)OC[C@@H]2[C@@H](C)OC(C)(C)C)n1)c1cnn(-c2ccc(Cl)cc2)c1. The van der Waals surface area contributed by atoms with E-state index in [-0.39, 0.29) is 41.5 Å². The number of ether oxygens (including phenoxy) is 2. The Morgan fingerprint density at radius 2 is 1.89 bits per heavy atom. The molecule has 0 bridgehead atoms. The fourth-order valence-electron chi connectivity index (χ4n) is 3.85. The van der Waals surface area contributed by atoms with Crippen molar-refractivity contribution < 1.29 is 14.3 Å². The largest absolute Gasteiger partial charge is 0.447 e. The highest BCUT2D eigenvalue weighted by molar-refractivity contribution is 6.30. The van der Waals surface area contributed by atoms with Crippen molar-refractivity contribution in [2.75, 3.05) is 16.8 Å². The van der Waals surface area contributed by atoms with E-state index < -0.39 is 6.09 Å². The van der Waals surface area contributed by atoms with Gasteiger partial charge in [-0.3, -0.25) is 4.90 Å². The van der Waals surface area contributed by atoms with Crippen molar-refractivity contribution in [1.82, 2.24) is 19.7 Å². The van der Waals surface area contributed by atoms with Crippen molar-refractivity contribution in [3.8, 4) is 5.69 Å². The van der Waals surface area contributed by atoms with E-state index in [1.807, 2.05) is 65.1 Å². The number of aromatic nitrogens is 4. The van der Waals surface area contributed by atoms with Gasteiger partial charge in [0, 0.05) is 22.8 Å². The zero-order valence-electron chi connectivity index (χ0n) is 20.2. The van der Waals surface area contributed by atoms with Gasteiger partial charge in [-0.2, -0.15) is 10.1 Å². The smallest absolute Gasteiger partial charge is 0.416 e. The van der Waals surface area contributed by atoms with Gasteiger partial charge in [0.2, 0.25) is 5.95 Å². The van der Waals surface area contributed by atoms with Gasteiger partial charge in [-0.1, -0.05) is 23.2 Å². The Labute approximate surface area is 214 Å². The van der Waals surface area contributed by atoms with Gasteiger partial charge >= 0.3 is 6.09 Å². The molecule has 2 aromatic heterocycles. The Morgan fingerprint density at radius 1 is 1.17 bits per heavy atom. The summed E-state index contributed by atoms with van der Waals surface area (Å²) in [6.45, 7) is 9.95. The number of hydrogen-bond donors (Lipinski definition) is 1.